The first-order valence-corrected chi connectivity index (χ1v) is 7.65. The van der Waals surface area contributed by atoms with E-state index < -0.39 is 35.9 Å². The molecule has 2 aromatic rings. The van der Waals surface area contributed by atoms with Gasteiger partial charge >= 0.3 is 12.3 Å². The van der Waals surface area contributed by atoms with Crippen LogP contribution in [-0.2, 0) is 17.4 Å². The Kier molecular flexibility index (Phi) is 4.31. The van der Waals surface area contributed by atoms with E-state index in [-0.39, 0.29) is 16.4 Å². The summed E-state index contributed by atoms with van der Waals surface area (Å²) in [5.41, 5.74) is -3.66. The summed E-state index contributed by atoms with van der Waals surface area (Å²) in [6, 6.07) is 4.95. The van der Waals surface area contributed by atoms with Gasteiger partial charge in [0.2, 0.25) is 0 Å². The molecule has 26 heavy (non-hydrogen) atoms. The summed E-state index contributed by atoms with van der Waals surface area (Å²) in [6.45, 7) is -1.04. The third kappa shape index (κ3) is 3.07. The molecule has 0 bridgehead atoms. The Balaban J connectivity index is 1.99. The van der Waals surface area contributed by atoms with Crippen LogP contribution in [0.4, 0.5) is 23.7 Å². The fourth-order valence-corrected chi connectivity index (χ4v) is 2.75. The van der Waals surface area contributed by atoms with Crippen LogP contribution in [0.1, 0.15) is 16.1 Å². The summed E-state index contributed by atoms with van der Waals surface area (Å²) < 4.78 is 47.7. The topological polar surface area (TPSA) is 85.2 Å². The van der Waals surface area contributed by atoms with Gasteiger partial charge in [0.25, 0.3) is 11.5 Å². The van der Waals surface area contributed by atoms with Crippen molar-refractivity contribution in [1.82, 2.24) is 15.1 Å². The molecule has 0 saturated heterocycles. The summed E-state index contributed by atoms with van der Waals surface area (Å²) in [4.78, 5) is 23.8. The molecule has 2 amide bonds. The normalized spacial score (nSPS) is 19.3. The van der Waals surface area contributed by atoms with Crippen molar-refractivity contribution in [2.75, 3.05) is 11.9 Å². The van der Waals surface area contributed by atoms with E-state index in [4.69, 9.17) is 11.6 Å². The van der Waals surface area contributed by atoms with E-state index in [1.807, 2.05) is 0 Å². The van der Waals surface area contributed by atoms with Crippen molar-refractivity contribution in [2.24, 2.45) is 7.05 Å². The number of ether oxygens (including phenoxy) is 1. The van der Waals surface area contributed by atoms with Crippen LogP contribution in [0.15, 0.2) is 30.5 Å². The molecule has 2 heterocycles. The second kappa shape index (κ2) is 6.20. The highest BCUT2D eigenvalue weighted by Crippen LogP contribution is 2.47. The number of aromatic nitrogens is 2. The highest BCUT2D eigenvalue weighted by molar-refractivity contribution is 6.30. The number of alkyl halides is 3. The van der Waals surface area contributed by atoms with Gasteiger partial charge in [0.15, 0.2) is 0 Å². The summed E-state index contributed by atoms with van der Waals surface area (Å²) in [6.07, 6.45) is -4.83. The van der Waals surface area contributed by atoms with E-state index in [0.29, 0.717) is 0 Å². The molecule has 11 heteroatoms. The van der Waals surface area contributed by atoms with Gasteiger partial charge in [-0.05, 0) is 24.3 Å². The average molecular weight is 389 g/mol. The average Bonchev–Trinajstić information content (AvgIpc) is 2.98. The molecule has 0 radical (unpaired) electrons. The summed E-state index contributed by atoms with van der Waals surface area (Å²) in [5, 5.41) is 8.15. The lowest BCUT2D eigenvalue weighted by Gasteiger charge is -2.39. The van der Waals surface area contributed by atoms with Gasteiger partial charge in [-0.15, -0.1) is 0 Å². The van der Waals surface area contributed by atoms with Crippen molar-refractivity contribution < 1.29 is 27.5 Å². The number of benzene rings is 1. The highest BCUT2D eigenvalue weighted by atomic mass is 35.5. The Morgan fingerprint density at radius 3 is 2.77 bits per heavy atom. The lowest BCUT2D eigenvalue weighted by Crippen LogP contribution is -2.56. The van der Waals surface area contributed by atoms with Gasteiger partial charge in [-0.1, -0.05) is 11.6 Å². The van der Waals surface area contributed by atoms with Crippen molar-refractivity contribution >= 4 is 29.3 Å². The second-order valence-electron chi connectivity index (χ2n) is 5.59. The van der Waals surface area contributed by atoms with Gasteiger partial charge in [-0.25, -0.2) is 4.79 Å². The van der Waals surface area contributed by atoms with E-state index in [9.17, 15) is 22.8 Å². The molecule has 1 aliphatic rings. The van der Waals surface area contributed by atoms with Crippen LogP contribution in [0.25, 0.3) is 0 Å². The molecular formula is C15H12ClF3N4O3. The Labute approximate surface area is 150 Å². The molecule has 0 fully saturated rings. The number of nitrogens with zero attached hydrogens (tertiary/aromatic N) is 2. The summed E-state index contributed by atoms with van der Waals surface area (Å²) in [5.74, 6) is -0.840. The number of carbonyl (C=O) groups excluding carboxylic acids is 2. The van der Waals surface area contributed by atoms with Gasteiger partial charge in [0, 0.05) is 23.8 Å². The zero-order chi connectivity index (χ0) is 19.1. The first-order valence-electron chi connectivity index (χ1n) is 7.27. The van der Waals surface area contributed by atoms with Crippen LogP contribution in [0.5, 0.6) is 0 Å². The van der Waals surface area contributed by atoms with Gasteiger partial charge in [0.05, 0.1) is 12.2 Å². The van der Waals surface area contributed by atoms with Crippen molar-refractivity contribution in [3.05, 3.63) is 46.7 Å². The summed E-state index contributed by atoms with van der Waals surface area (Å²) >= 11 is 5.82. The predicted molar refractivity (Wildman–Crippen MR) is 84.8 cm³/mol. The summed E-state index contributed by atoms with van der Waals surface area (Å²) in [7, 11) is 1.56. The zero-order valence-electron chi connectivity index (χ0n) is 13.2. The SMILES string of the molecule is Cn1ccc(C(=O)NCC2(C(F)(F)F)OC(=O)Nc3ccc(Cl)cc32)n1. The van der Waals surface area contributed by atoms with Crippen molar-refractivity contribution in [1.29, 1.82) is 0 Å². The Hall–Kier alpha value is -2.75. The van der Waals surface area contributed by atoms with Gasteiger partial charge in [-0.2, -0.15) is 18.3 Å². The fourth-order valence-electron chi connectivity index (χ4n) is 2.58. The lowest BCUT2D eigenvalue weighted by molar-refractivity contribution is -0.261. The van der Waals surface area contributed by atoms with Crippen LogP contribution >= 0.6 is 11.6 Å². The maximum atomic E-state index is 13.9. The van der Waals surface area contributed by atoms with Crippen LogP contribution < -0.4 is 10.6 Å². The van der Waals surface area contributed by atoms with E-state index in [2.05, 4.69) is 20.5 Å². The second-order valence-corrected chi connectivity index (χ2v) is 6.02. The number of fused-ring (bicyclic) bond motifs is 1. The van der Waals surface area contributed by atoms with Crippen molar-refractivity contribution in [3.63, 3.8) is 0 Å². The van der Waals surface area contributed by atoms with Gasteiger partial charge in [-0.3, -0.25) is 14.8 Å². The number of rotatable bonds is 3. The molecule has 1 aromatic heterocycles. The molecule has 138 valence electrons. The third-order valence-electron chi connectivity index (χ3n) is 3.82. The molecule has 3 rings (SSSR count). The van der Waals surface area contributed by atoms with Crippen LogP contribution in [0.2, 0.25) is 5.02 Å². The molecule has 7 nitrogen and oxygen atoms in total. The molecular weight excluding hydrogens is 377 g/mol. The highest BCUT2D eigenvalue weighted by Gasteiger charge is 2.62. The van der Waals surface area contributed by atoms with Crippen molar-refractivity contribution in [3.8, 4) is 0 Å². The van der Waals surface area contributed by atoms with Crippen LogP contribution in [0, 0.1) is 0 Å². The molecule has 1 unspecified atom stereocenters. The molecule has 0 spiro atoms. The van der Waals surface area contributed by atoms with Crippen LogP contribution in [-0.4, -0.2) is 34.5 Å². The van der Waals surface area contributed by atoms with E-state index in [0.717, 1.165) is 6.07 Å². The number of cyclic esters (lactones) is 1. The smallest absolute Gasteiger partial charge is 0.426 e. The number of anilines is 1. The number of halogens is 4. The molecule has 2 N–H and O–H groups in total. The lowest BCUT2D eigenvalue weighted by atomic mass is 9.89. The number of amides is 2. The Morgan fingerprint density at radius 1 is 1.42 bits per heavy atom. The van der Waals surface area contributed by atoms with Crippen molar-refractivity contribution in [2.45, 2.75) is 11.8 Å². The first-order chi connectivity index (χ1) is 12.1. The minimum absolute atomic E-state index is 0.0215. The number of hydrogen-bond donors (Lipinski definition) is 2. The zero-order valence-corrected chi connectivity index (χ0v) is 14.0. The minimum Gasteiger partial charge on any atom is -0.426 e. The predicted octanol–water partition coefficient (Wildman–Crippen LogP) is 2.82. The van der Waals surface area contributed by atoms with E-state index in [1.54, 1.807) is 7.05 Å². The van der Waals surface area contributed by atoms with Gasteiger partial charge in [0.1, 0.15) is 5.69 Å². The quantitative estimate of drug-likeness (QED) is 0.846. The number of aryl methyl sites for hydroxylation is 1. The number of hydrogen-bond acceptors (Lipinski definition) is 4. The largest absolute Gasteiger partial charge is 0.434 e. The Bertz CT molecular complexity index is 883. The first kappa shape index (κ1) is 18.1. The van der Waals surface area contributed by atoms with Crippen LogP contribution in [0.3, 0.4) is 0 Å². The maximum absolute atomic E-state index is 13.9. The van der Waals surface area contributed by atoms with E-state index >= 15 is 0 Å². The van der Waals surface area contributed by atoms with Gasteiger partial charge < -0.3 is 10.1 Å². The third-order valence-corrected chi connectivity index (χ3v) is 4.06. The minimum atomic E-state index is -5.01. The fraction of sp³-hybridized carbons (Fsp3) is 0.267. The maximum Gasteiger partial charge on any atom is 0.434 e. The molecule has 0 aliphatic carbocycles. The molecule has 1 aliphatic heterocycles. The standard InChI is InChI=1S/C15H12ClF3N4O3/c1-23-5-4-11(22-23)12(24)20-7-14(15(17,18)19)9-6-8(16)2-3-10(9)21-13(25)26-14/h2-6H,7H2,1H3,(H,20,24)(H,21,25). The molecule has 0 saturated carbocycles. The monoisotopic (exact) mass is 388 g/mol. The number of nitrogens with one attached hydrogen (secondary N) is 2. The Morgan fingerprint density at radius 2 is 2.15 bits per heavy atom. The van der Waals surface area contributed by atoms with E-state index in [1.165, 1.54) is 29.1 Å². The molecule has 1 atom stereocenters. The molecule has 1 aromatic carbocycles. The number of carbonyl (C=O) groups is 2.